The Morgan fingerprint density at radius 3 is 2.78 bits per heavy atom. The van der Waals surface area contributed by atoms with E-state index in [1.54, 1.807) is 5.57 Å². The molecule has 0 aromatic heterocycles. The van der Waals surface area contributed by atoms with Gasteiger partial charge < -0.3 is 0 Å². The van der Waals surface area contributed by atoms with Crippen molar-refractivity contribution in [3.05, 3.63) is 11.6 Å². The zero-order chi connectivity index (χ0) is 6.43. The van der Waals surface area contributed by atoms with Crippen molar-refractivity contribution in [3.63, 3.8) is 0 Å². The second-order valence-corrected chi connectivity index (χ2v) is 3.75. The molecule has 2 aliphatic carbocycles. The van der Waals surface area contributed by atoms with Crippen LogP contribution < -0.4 is 0 Å². The van der Waals surface area contributed by atoms with E-state index in [1.807, 2.05) is 0 Å². The van der Waals surface area contributed by atoms with Gasteiger partial charge in [-0.2, -0.15) is 0 Å². The highest BCUT2D eigenvalue weighted by molar-refractivity contribution is 5.33. The molecular formula is C9H14. The summed E-state index contributed by atoms with van der Waals surface area (Å²) in [5.41, 5.74) is 1.76. The first-order valence-corrected chi connectivity index (χ1v) is 3.99. The predicted molar refractivity (Wildman–Crippen MR) is 39.1 cm³/mol. The molecule has 2 aliphatic rings. The van der Waals surface area contributed by atoms with Gasteiger partial charge in [0, 0.05) is 0 Å². The highest BCUT2D eigenvalue weighted by Crippen LogP contribution is 2.47. The van der Waals surface area contributed by atoms with Gasteiger partial charge in [-0.15, -0.1) is 0 Å². The van der Waals surface area contributed by atoms with Crippen LogP contribution in [0.3, 0.4) is 0 Å². The van der Waals surface area contributed by atoms with E-state index in [2.05, 4.69) is 19.9 Å². The minimum Gasteiger partial charge on any atom is -0.0773 e. The molecular weight excluding hydrogens is 108 g/mol. The molecule has 1 fully saturated rings. The molecule has 0 heterocycles. The number of hydrogen-bond donors (Lipinski definition) is 0. The van der Waals surface area contributed by atoms with Gasteiger partial charge >= 0.3 is 0 Å². The van der Waals surface area contributed by atoms with Gasteiger partial charge in [-0.25, -0.2) is 0 Å². The van der Waals surface area contributed by atoms with E-state index in [-0.39, 0.29) is 0 Å². The Bertz CT molecular complexity index is 155. The molecule has 0 saturated heterocycles. The minimum atomic E-state index is 0.916. The summed E-state index contributed by atoms with van der Waals surface area (Å²) in [6.07, 6.45) is 5.33. The Hall–Kier alpha value is -0.260. The molecule has 0 spiro atoms. The quantitative estimate of drug-likeness (QED) is 0.433. The third-order valence-corrected chi connectivity index (χ3v) is 2.69. The summed E-state index contributed by atoms with van der Waals surface area (Å²) in [4.78, 5) is 0. The molecule has 0 nitrogen and oxygen atoms in total. The second-order valence-electron chi connectivity index (χ2n) is 3.75. The second kappa shape index (κ2) is 1.62. The molecule has 2 rings (SSSR count). The predicted octanol–water partition coefficient (Wildman–Crippen LogP) is 2.61. The largest absolute Gasteiger partial charge is 0.0773 e. The highest BCUT2D eigenvalue weighted by atomic mass is 14.4. The van der Waals surface area contributed by atoms with Crippen molar-refractivity contribution in [3.8, 4) is 0 Å². The van der Waals surface area contributed by atoms with Crippen molar-refractivity contribution in [2.45, 2.75) is 26.7 Å². The van der Waals surface area contributed by atoms with Gasteiger partial charge in [-0.05, 0) is 30.6 Å². The summed E-state index contributed by atoms with van der Waals surface area (Å²) < 4.78 is 0. The fourth-order valence-corrected chi connectivity index (χ4v) is 2.19. The molecule has 0 amide bonds. The van der Waals surface area contributed by atoms with Crippen LogP contribution in [-0.2, 0) is 0 Å². The van der Waals surface area contributed by atoms with Crippen molar-refractivity contribution in [2.24, 2.45) is 17.8 Å². The first kappa shape index (κ1) is 5.52. The summed E-state index contributed by atoms with van der Waals surface area (Å²) in [6, 6.07) is 0. The molecule has 0 aliphatic heterocycles. The summed E-state index contributed by atoms with van der Waals surface area (Å²) in [5, 5.41) is 0. The van der Waals surface area contributed by atoms with Gasteiger partial charge in [-0.3, -0.25) is 0 Å². The summed E-state index contributed by atoms with van der Waals surface area (Å²) in [5.74, 6) is 2.84. The summed E-state index contributed by atoms with van der Waals surface area (Å²) in [7, 11) is 0. The van der Waals surface area contributed by atoms with E-state index in [4.69, 9.17) is 0 Å². The Labute approximate surface area is 57.0 Å². The lowest BCUT2D eigenvalue weighted by atomic mass is 9.83. The zero-order valence-corrected chi connectivity index (χ0v) is 6.22. The molecule has 3 atom stereocenters. The van der Waals surface area contributed by atoms with Crippen LogP contribution in [0.15, 0.2) is 11.6 Å². The van der Waals surface area contributed by atoms with Gasteiger partial charge in [0.15, 0.2) is 0 Å². The maximum Gasteiger partial charge on any atom is -0.00149 e. The topological polar surface area (TPSA) is 0 Å². The number of hydrogen-bond acceptors (Lipinski definition) is 0. The minimum absolute atomic E-state index is 0.916. The van der Waals surface area contributed by atoms with Crippen molar-refractivity contribution >= 4 is 0 Å². The van der Waals surface area contributed by atoms with Crippen LogP contribution in [0, 0.1) is 17.8 Å². The van der Waals surface area contributed by atoms with E-state index in [0.29, 0.717) is 0 Å². The molecule has 50 valence electrons. The van der Waals surface area contributed by atoms with Crippen LogP contribution in [-0.4, -0.2) is 0 Å². The average Bonchev–Trinajstić information content (AvgIpc) is 2.43. The molecule has 9 heavy (non-hydrogen) atoms. The van der Waals surface area contributed by atoms with Crippen LogP contribution in [0.2, 0.25) is 0 Å². The first-order chi connectivity index (χ1) is 4.27. The number of rotatable bonds is 0. The summed E-state index contributed by atoms with van der Waals surface area (Å²) >= 11 is 0. The fraction of sp³-hybridized carbons (Fsp3) is 0.778. The SMILES string of the molecule is CC1CC(C)C2=CC2C1. The Kier molecular flexibility index (Phi) is 0.992. The lowest BCUT2D eigenvalue weighted by molar-refractivity contribution is 0.368. The van der Waals surface area contributed by atoms with E-state index in [0.717, 1.165) is 17.8 Å². The van der Waals surface area contributed by atoms with Crippen LogP contribution in [0.25, 0.3) is 0 Å². The van der Waals surface area contributed by atoms with Crippen molar-refractivity contribution in [1.29, 1.82) is 0 Å². The van der Waals surface area contributed by atoms with Gasteiger partial charge in [0.25, 0.3) is 0 Å². The molecule has 0 heteroatoms. The number of allylic oxidation sites excluding steroid dienone is 2. The fourth-order valence-electron chi connectivity index (χ4n) is 2.19. The van der Waals surface area contributed by atoms with Gasteiger partial charge in [0.1, 0.15) is 0 Å². The maximum atomic E-state index is 2.45. The van der Waals surface area contributed by atoms with Crippen LogP contribution in [0.4, 0.5) is 0 Å². The van der Waals surface area contributed by atoms with Crippen molar-refractivity contribution in [2.75, 3.05) is 0 Å². The Morgan fingerprint density at radius 1 is 1.33 bits per heavy atom. The molecule has 0 bridgehead atoms. The molecule has 0 radical (unpaired) electrons. The first-order valence-electron chi connectivity index (χ1n) is 3.99. The Balaban J connectivity index is 2.04. The van der Waals surface area contributed by atoms with Crippen molar-refractivity contribution in [1.82, 2.24) is 0 Å². The standard InChI is InChI=1S/C9H14/c1-6-3-7(2)9-5-8(9)4-6/h5-8H,3-4H2,1-2H3. The molecule has 0 aromatic rings. The summed E-state index contributed by atoms with van der Waals surface area (Å²) in [6.45, 7) is 4.74. The van der Waals surface area contributed by atoms with Gasteiger partial charge in [0.2, 0.25) is 0 Å². The Morgan fingerprint density at radius 2 is 2.11 bits per heavy atom. The van der Waals surface area contributed by atoms with Gasteiger partial charge in [-0.1, -0.05) is 25.5 Å². The third-order valence-electron chi connectivity index (χ3n) is 2.69. The van der Waals surface area contributed by atoms with Crippen LogP contribution in [0.5, 0.6) is 0 Å². The zero-order valence-electron chi connectivity index (χ0n) is 6.22. The lowest BCUT2D eigenvalue weighted by Gasteiger charge is -2.22. The monoisotopic (exact) mass is 122 g/mol. The highest BCUT2D eigenvalue weighted by Gasteiger charge is 2.35. The molecule has 0 aromatic carbocycles. The van der Waals surface area contributed by atoms with Crippen LogP contribution >= 0.6 is 0 Å². The number of fused-ring (bicyclic) bond motifs is 1. The van der Waals surface area contributed by atoms with Gasteiger partial charge in [0.05, 0.1) is 0 Å². The smallest absolute Gasteiger partial charge is 0.00149 e. The molecule has 1 saturated carbocycles. The van der Waals surface area contributed by atoms with E-state index >= 15 is 0 Å². The normalized spacial score (nSPS) is 47.8. The van der Waals surface area contributed by atoms with E-state index < -0.39 is 0 Å². The van der Waals surface area contributed by atoms with Crippen molar-refractivity contribution < 1.29 is 0 Å². The molecule has 0 N–H and O–H groups in total. The lowest BCUT2D eigenvalue weighted by Crippen LogP contribution is -2.11. The van der Waals surface area contributed by atoms with E-state index in [9.17, 15) is 0 Å². The third kappa shape index (κ3) is 0.810. The van der Waals surface area contributed by atoms with E-state index in [1.165, 1.54) is 12.8 Å². The maximum absolute atomic E-state index is 2.45. The average molecular weight is 122 g/mol. The van der Waals surface area contributed by atoms with Crippen LogP contribution in [0.1, 0.15) is 26.7 Å². The molecule has 3 unspecified atom stereocenters.